The van der Waals surface area contributed by atoms with Crippen LogP contribution < -0.4 is 10.1 Å². The fraction of sp³-hybridized carbons (Fsp3) is 0.396. The first-order valence-electron chi connectivity index (χ1n) is 21.4. The highest BCUT2D eigenvalue weighted by atomic mass is 16.5. The van der Waals surface area contributed by atoms with Gasteiger partial charge in [0.25, 0.3) is 0 Å². The van der Waals surface area contributed by atoms with Gasteiger partial charge in [-0.2, -0.15) is 0 Å². The normalized spacial score (nSPS) is 20.6. The van der Waals surface area contributed by atoms with Crippen LogP contribution in [0.1, 0.15) is 74.9 Å². The molecule has 0 aliphatic carbocycles. The first-order valence-corrected chi connectivity index (χ1v) is 21.4. The van der Waals surface area contributed by atoms with Crippen LogP contribution in [0.2, 0.25) is 0 Å². The molecule has 13 heteroatoms. The topological polar surface area (TPSA) is 155 Å². The van der Waals surface area contributed by atoms with Gasteiger partial charge in [-0.25, -0.2) is 14.8 Å². The number of hydrogen-bond acceptors (Lipinski definition) is 8. The zero-order valence-electron chi connectivity index (χ0n) is 35.4. The van der Waals surface area contributed by atoms with E-state index in [1.807, 2.05) is 60.2 Å². The van der Waals surface area contributed by atoms with E-state index in [1.165, 1.54) is 7.11 Å². The average molecular weight is 824 g/mol. The molecular weight excluding hydrogens is 771 g/mol. The molecule has 0 unspecified atom stereocenters. The minimum absolute atomic E-state index is 0.0678. The zero-order chi connectivity index (χ0) is 42.4. The van der Waals surface area contributed by atoms with Crippen molar-refractivity contribution in [3.05, 3.63) is 102 Å². The van der Waals surface area contributed by atoms with Crippen LogP contribution in [-0.4, -0.2) is 87.6 Å². The molecular formula is C48H53N7O6. The highest BCUT2D eigenvalue weighted by Crippen LogP contribution is 2.44. The van der Waals surface area contributed by atoms with Crippen molar-refractivity contribution >= 4 is 39.7 Å². The Bertz CT molecular complexity index is 2600. The number of nitrogens with zero attached hydrogens (tertiary/aromatic N) is 4. The summed E-state index contributed by atoms with van der Waals surface area (Å²) >= 11 is 0. The number of nitrogens with one attached hydrogen (secondary N) is 3. The third-order valence-corrected chi connectivity index (χ3v) is 12.9. The summed E-state index contributed by atoms with van der Waals surface area (Å²) in [5.41, 5.74) is 7.78. The summed E-state index contributed by atoms with van der Waals surface area (Å²) in [5.74, 6) is 2.69. The van der Waals surface area contributed by atoms with E-state index in [-0.39, 0.29) is 41.7 Å². The molecule has 9 rings (SSSR count). The number of methoxy groups -OCH3 is 2. The van der Waals surface area contributed by atoms with Gasteiger partial charge in [0.15, 0.2) is 0 Å². The lowest BCUT2D eigenvalue weighted by molar-refractivity contribution is -0.136. The molecule has 316 valence electrons. The highest BCUT2D eigenvalue weighted by Gasteiger charge is 2.41. The summed E-state index contributed by atoms with van der Waals surface area (Å²) in [6.45, 7) is 8.30. The molecule has 0 bridgehead atoms. The van der Waals surface area contributed by atoms with Crippen molar-refractivity contribution in [1.82, 2.24) is 35.1 Å². The first-order chi connectivity index (χ1) is 29.6. The van der Waals surface area contributed by atoms with E-state index in [9.17, 15) is 14.4 Å². The van der Waals surface area contributed by atoms with Crippen LogP contribution in [0.4, 0.5) is 4.79 Å². The summed E-state index contributed by atoms with van der Waals surface area (Å²) in [7, 11) is 3.02. The van der Waals surface area contributed by atoms with Crippen LogP contribution in [0.15, 0.2) is 79.0 Å². The van der Waals surface area contributed by atoms with Crippen molar-refractivity contribution in [3.8, 4) is 28.1 Å². The number of likely N-dealkylation sites (tertiary alicyclic amines) is 2. The molecule has 2 saturated heterocycles. The Morgan fingerprint density at radius 2 is 1.75 bits per heavy atom. The van der Waals surface area contributed by atoms with Crippen LogP contribution in [-0.2, 0) is 32.1 Å². The van der Waals surface area contributed by atoms with Crippen molar-refractivity contribution < 1.29 is 28.6 Å². The van der Waals surface area contributed by atoms with Crippen molar-refractivity contribution in [3.63, 3.8) is 0 Å². The molecule has 3 aliphatic heterocycles. The van der Waals surface area contributed by atoms with Gasteiger partial charge in [-0.05, 0) is 76.6 Å². The number of benzene rings is 4. The molecule has 0 radical (unpaired) electrons. The largest absolute Gasteiger partial charge is 0.488 e. The number of H-pyrrole nitrogens is 2. The summed E-state index contributed by atoms with van der Waals surface area (Å²) in [6.07, 6.45) is 3.83. The quantitative estimate of drug-likeness (QED) is 0.118. The van der Waals surface area contributed by atoms with Crippen LogP contribution in [0.3, 0.4) is 0 Å². The molecule has 2 fully saturated rings. The number of aromatic nitrogens is 4. The van der Waals surface area contributed by atoms with E-state index < -0.39 is 12.1 Å². The van der Waals surface area contributed by atoms with Crippen LogP contribution in [0.5, 0.6) is 5.75 Å². The molecule has 5 heterocycles. The maximum Gasteiger partial charge on any atom is 0.407 e. The molecule has 3 N–H and O–H groups in total. The standard InChI is InChI=1S/C48H53N7O6/c1-6-28(3)43(53-48(58)60-5)47(57)55-23-27(2)16-39(55)45-49-22-38(51-45)32-12-14-34-33(19-32)26-61-41-21-35-31(20-36(34)41)13-15-37-44(35)52-46(50-37)40-17-30(25-59-4)24-54(40)42(56)18-29-10-8-7-9-11-29/h7-15,19-22,27-28,30,39-40,43H,6,16-18,23-26H2,1-5H3,(H,49,51)(H,50,52)(H,53,58)/t27-,28+,30-,39-,40-,43-/m0/s1. The maximum absolute atomic E-state index is 14.0. The molecule has 61 heavy (non-hydrogen) atoms. The monoisotopic (exact) mass is 823 g/mol. The molecule has 0 spiro atoms. The number of carbonyl (C=O) groups is 3. The molecule has 3 aliphatic rings. The summed E-state index contributed by atoms with van der Waals surface area (Å²) < 4.78 is 16.8. The number of amides is 3. The van der Waals surface area contributed by atoms with E-state index in [4.69, 9.17) is 24.2 Å². The lowest BCUT2D eigenvalue weighted by Crippen LogP contribution is -2.51. The molecule has 6 aromatic rings. The number of hydrogen-bond donors (Lipinski definition) is 3. The Kier molecular flexibility index (Phi) is 11.0. The predicted octanol–water partition coefficient (Wildman–Crippen LogP) is 8.12. The second-order valence-electron chi connectivity index (χ2n) is 17.1. The zero-order valence-corrected chi connectivity index (χ0v) is 35.4. The van der Waals surface area contributed by atoms with Gasteiger partial charge in [-0.1, -0.05) is 75.7 Å². The molecule has 13 nitrogen and oxygen atoms in total. The predicted molar refractivity (Wildman–Crippen MR) is 233 cm³/mol. The lowest BCUT2D eigenvalue weighted by atomic mass is 9.92. The van der Waals surface area contributed by atoms with E-state index >= 15 is 0 Å². The van der Waals surface area contributed by atoms with Gasteiger partial charge in [0.2, 0.25) is 11.8 Å². The van der Waals surface area contributed by atoms with Crippen LogP contribution in [0.25, 0.3) is 44.2 Å². The van der Waals surface area contributed by atoms with Gasteiger partial charge in [0, 0.05) is 37.1 Å². The molecule has 0 saturated carbocycles. The summed E-state index contributed by atoms with van der Waals surface area (Å²) in [4.78, 5) is 60.8. The number of alkyl carbamates (subject to hydrolysis) is 1. The van der Waals surface area contributed by atoms with Crippen molar-refractivity contribution in [2.75, 3.05) is 33.9 Å². The first kappa shape index (κ1) is 40.2. The number of ether oxygens (including phenoxy) is 3. The van der Waals surface area contributed by atoms with Crippen LogP contribution in [0, 0.1) is 17.8 Å². The number of fused-ring (bicyclic) bond motifs is 6. The van der Waals surface area contributed by atoms with Gasteiger partial charge in [-0.3, -0.25) is 9.59 Å². The second kappa shape index (κ2) is 16.7. The minimum Gasteiger partial charge on any atom is -0.488 e. The van der Waals surface area contributed by atoms with E-state index in [0.29, 0.717) is 32.7 Å². The van der Waals surface area contributed by atoms with Crippen molar-refractivity contribution in [2.24, 2.45) is 17.8 Å². The van der Waals surface area contributed by atoms with E-state index in [1.54, 1.807) is 7.11 Å². The van der Waals surface area contributed by atoms with E-state index in [0.717, 1.165) is 92.0 Å². The number of rotatable bonds is 11. The van der Waals surface area contributed by atoms with Gasteiger partial charge < -0.3 is 39.3 Å². The minimum atomic E-state index is -0.692. The smallest absolute Gasteiger partial charge is 0.407 e. The lowest BCUT2D eigenvalue weighted by Gasteiger charge is -2.30. The van der Waals surface area contributed by atoms with Crippen molar-refractivity contribution in [2.45, 2.75) is 71.2 Å². The Morgan fingerprint density at radius 3 is 2.54 bits per heavy atom. The Balaban J connectivity index is 0.967. The Hall–Kier alpha value is -6.21. The summed E-state index contributed by atoms with van der Waals surface area (Å²) in [6, 6.07) is 23.6. The number of aromatic amines is 2. The molecule has 2 aromatic heterocycles. The van der Waals surface area contributed by atoms with Gasteiger partial charge in [-0.15, -0.1) is 0 Å². The van der Waals surface area contributed by atoms with Crippen LogP contribution >= 0.6 is 0 Å². The maximum atomic E-state index is 14.0. The SMILES string of the molecule is CC[C@@H](C)[C@H](NC(=O)OC)C(=O)N1C[C@@H](C)C[C@H]1c1ncc(-c2ccc3c(c2)COc2cc4c(ccc5[nH]c([C@@H]6C[C@H](COC)CN6C(=O)Cc6ccccc6)nc54)cc2-3)[nH]1. The molecule has 3 amide bonds. The highest BCUT2D eigenvalue weighted by molar-refractivity contribution is 6.07. The van der Waals surface area contributed by atoms with E-state index in [2.05, 4.69) is 64.7 Å². The number of carbonyl (C=O) groups excluding carboxylic acids is 3. The average Bonchev–Trinajstić information content (AvgIpc) is 4.10. The fourth-order valence-electron chi connectivity index (χ4n) is 9.57. The third kappa shape index (κ3) is 7.71. The molecule has 4 aromatic carbocycles. The second-order valence-corrected chi connectivity index (χ2v) is 17.1. The van der Waals surface area contributed by atoms with Gasteiger partial charge in [0.05, 0.1) is 55.1 Å². The Morgan fingerprint density at radius 1 is 0.934 bits per heavy atom. The Labute approximate surface area is 355 Å². The fourth-order valence-corrected chi connectivity index (χ4v) is 9.57. The molecule has 6 atom stereocenters. The van der Waals surface area contributed by atoms with Gasteiger partial charge in [0.1, 0.15) is 30.0 Å². The van der Waals surface area contributed by atoms with Gasteiger partial charge >= 0.3 is 6.09 Å². The summed E-state index contributed by atoms with van der Waals surface area (Å²) in [5, 5.41) is 4.81. The number of imidazole rings is 2. The van der Waals surface area contributed by atoms with Crippen molar-refractivity contribution in [1.29, 1.82) is 0 Å². The third-order valence-electron chi connectivity index (χ3n) is 12.9.